The van der Waals surface area contributed by atoms with Crippen LogP contribution in [0.25, 0.3) is 0 Å². The molecule has 42 heavy (non-hydrogen) atoms. The Morgan fingerprint density at radius 1 is 0.857 bits per heavy atom. The number of nitro groups is 1. The summed E-state index contributed by atoms with van der Waals surface area (Å²) in [4.78, 5) is 43.0. The van der Waals surface area contributed by atoms with Gasteiger partial charge in [0.25, 0.3) is 17.5 Å². The molecule has 0 atom stereocenters. The van der Waals surface area contributed by atoms with Gasteiger partial charge in [0, 0.05) is 61.5 Å². The lowest BCUT2D eigenvalue weighted by Crippen LogP contribution is -2.49. The Morgan fingerprint density at radius 3 is 2.19 bits per heavy atom. The Kier molecular flexibility index (Phi) is 9.15. The van der Waals surface area contributed by atoms with E-state index in [1.54, 1.807) is 36.4 Å². The van der Waals surface area contributed by atoms with Crippen molar-refractivity contribution in [3.63, 3.8) is 0 Å². The zero-order chi connectivity index (χ0) is 29.6. The predicted octanol–water partition coefficient (Wildman–Crippen LogP) is 4.17. The van der Waals surface area contributed by atoms with Crippen molar-refractivity contribution >= 4 is 63.5 Å². The maximum absolute atomic E-state index is 13.0. The number of hydrogen-bond donors (Lipinski definition) is 2. The number of amides is 2. The van der Waals surface area contributed by atoms with Crippen molar-refractivity contribution in [3.8, 4) is 0 Å². The maximum atomic E-state index is 13.0. The van der Waals surface area contributed by atoms with Crippen LogP contribution in [0.3, 0.4) is 0 Å². The van der Waals surface area contributed by atoms with Gasteiger partial charge in [-0.15, -0.1) is 0 Å². The average Bonchev–Trinajstić information content (AvgIpc) is 3.01. The van der Waals surface area contributed by atoms with Crippen LogP contribution in [0.2, 0.25) is 5.02 Å². The molecule has 2 fully saturated rings. The van der Waals surface area contributed by atoms with Crippen LogP contribution in [-0.2, 0) is 4.74 Å². The average molecular weight is 609 g/mol. The zero-order valence-electron chi connectivity index (χ0n) is 22.6. The van der Waals surface area contributed by atoms with Gasteiger partial charge < -0.3 is 24.8 Å². The second-order valence-corrected chi connectivity index (χ2v) is 10.6. The second kappa shape index (κ2) is 13.1. The van der Waals surface area contributed by atoms with Crippen LogP contribution in [0.4, 0.5) is 22.7 Å². The number of thiocarbonyl (C=S) groups is 1. The molecule has 0 bridgehead atoms. The topological polar surface area (TPSA) is 120 Å². The van der Waals surface area contributed by atoms with Gasteiger partial charge in [0.2, 0.25) is 0 Å². The number of nitrogens with one attached hydrogen (secondary N) is 2. The van der Waals surface area contributed by atoms with E-state index in [0.29, 0.717) is 74.4 Å². The normalized spacial score (nSPS) is 15.2. The molecule has 13 heteroatoms. The largest absolute Gasteiger partial charge is 0.378 e. The van der Waals surface area contributed by atoms with E-state index in [1.807, 2.05) is 34.1 Å². The predicted molar refractivity (Wildman–Crippen MR) is 166 cm³/mol. The van der Waals surface area contributed by atoms with Crippen LogP contribution >= 0.6 is 23.8 Å². The minimum atomic E-state index is -0.559. The van der Waals surface area contributed by atoms with Crippen molar-refractivity contribution in [2.75, 3.05) is 67.6 Å². The number of piperazine rings is 1. The van der Waals surface area contributed by atoms with E-state index in [1.165, 1.54) is 6.07 Å². The minimum absolute atomic E-state index is 0.0418. The van der Waals surface area contributed by atoms with Crippen molar-refractivity contribution in [1.82, 2.24) is 10.2 Å². The summed E-state index contributed by atoms with van der Waals surface area (Å²) in [5.74, 6) is -0.601. The van der Waals surface area contributed by atoms with E-state index in [9.17, 15) is 19.7 Å². The maximum Gasteiger partial charge on any atom is 0.293 e. The van der Waals surface area contributed by atoms with E-state index >= 15 is 0 Å². The summed E-state index contributed by atoms with van der Waals surface area (Å²) in [6.45, 7) is 4.33. The highest BCUT2D eigenvalue weighted by Crippen LogP contribution is 2.30. The third-order valence-electron chi connectivity index (χ3n) is 7.16. The first-order chi connectivity index (χ1) is 20.3. The molecule has 3 aromatic carbocycles. The zero-order valence-corrected chi connectivity index (χ0v) is 24.2. The monoisotopic (exact) mass is 608 g/mol. The Labute approximate surface area is 253 Å². The molecule has 0 unspecified atom stereocenters. The quantitative estimate of drug-likeness (QED) is 0.241. The molecule has 2 amide bonds. The molecule has 0 radical (unpaired) electrons. The Bertz CT molecular complexity index is 1490. The number of benzene rings is 3. The Hall–Kier alpha value is -4.26. The summed E-state index contributed by atoms with van der Waals surface area (Å²) in [5.41, 5.74) is 2.58. The highest BCUT2D eigenvalue weighted by molar-refractivity contribution is 7.80. The highest BCUT2D eigenvalue weighted by Gasteiger charge is 2.25. The summed E-state index contributed by atoms with van der Waals surface area (Å²) in [7, 11) is 0. The third-order valence-corrected chi connectivity index (χ3v) is 7.62. The molecule has 2 heterocycles. The number of anilines is 3. The number of carbonyl (C=O) groups excluding carboxylic acids is 2. The van der Waals surface area contributed by atoms with Gasteiger partial charge in [-0.3, -0.25) is 25.0 Å². The number of ether oxygens (including phenoxy) is 1. The van der Waals surface area contributed by atoms with E-state index in [-0.39, 0.29) is 22.3 Å². The highest BCUT2D eigenvalue weighted by atomic mass is 35.5. The van der Waals surface area contributed by atoms with Gasteiger partial charge in [0.05, 0.1) is 29.5 Å². The molecule has 218 valence electrons. The first-order valence-corrected chi connectivity index (χ1v) is 14.2. The summed E-state index contributed by atoms with van der Waals surface area (Å²) in [5, 5.41) is 18.1. The van der Waals surface area contributed by atoms with E-state index < -0.39 is 10.8 Å². The number of morpholine rings is 1. The van der Waals surface area contributed by atoms with Gasteiger partial charge in [-0.1, -0.05) is 23.7 Å². The van der Waals surface area contributed by atoms with Crippen molar-refractivity contribution in [3.05, 3.63) is 93.0 Å². The molecule has 3 aromatic rings. The Morgan fingerprint density at radius 2 is 1.50 bits per heavy atom. The number of rotatable bonds is 6. The summed E-state index contributed by atoms with van der Waals surface area (Å²) >= 11 is 11.4. The third kappa shape index (κ3) is 6.78. The molecule has 2 saturated heterocycles. The minimum Gasteiger partial charge on any atom is -0.378 e. The number of hydrogen-bond acceptors (Lipinski definition) is 8. The standard InChI is InChI=1S/C29H29ClN6O5S/c30-22-8-5-20(6-9-22)28(38)35-13-11-33(12-14-35)24-4-2-1-3-23(24)31-29(42)32-27(37)21-7-10-25(26(19-21)36(39)40)34-15-17-41-18-16-34/h1-10,19H,11-18H2,(H2,31,32,37,42). The van der Waals surface area contributed by atoms with Gasteiger partial charge in [0.15, 0.2) is 5.11 Å². The van der Waals surface area contributed by atoms with E-state index in [4.69, 9.17) is 28.6 Å². The van der Waals surface area contributed by atoms with E-state index in [0.717, 1.165) is 5.69 Å². The van der Waals surface area contributed by atoms with Gasteiger partial charge in [-0.25, -0.2) is 0 Å². The summed E-state index contributed by atoms with van der Waals surface area (Å²) in [6, 6.07) is 18.8. The number of carbonyl (C=O) groups is 2. The molecule has 11 nitrogen and oxygen atoms in total. The molecule has 2 aliphatic heterocycles. The Balaban J connectivity index is 1.21. The van der Waals surface area contributed by atoms with Crippen molar-refractivity contribution in [2.45, 2.75) is 0 Å². The van der Waals surface area contributed by atoms with Gasteiger partial charge >= 0.3 is 0 Å². The molecule has 0 aliphatic carbocycles. The fourth-order valence-electron chi connectivity index (χ4n) is 4.99. The second-order valence-electron chi connectivity index (χ2n) is 9.77. The first-order valence-electron chi connectivity index (χ1n) is 13.4. The lowest BCUT2D eigenvalue weighted by Gasteiger charge is -2.37. The number of halogens is 1. The van der Waals surface area contributed by atoms with Crippen LogP contribution < -0.4 is 20.4 Å². The van der Waals surface area contributed by atoms with Gasteiger partial charge in [0.1, 0.15) is 5.69 Å². The molecule has 2 aliphatic rings. The molecule has 2 N–H and O–H groups in total. The fourth-order valence-corrected chi connectivity index (χ4v) is 5.32. The smallest absolute Gasteiger partial charge is 0.293 e. The van der Waals surface area contributed by atoms with Crippen molar-refractivity contribution < 1.29 is 19.2 Å². The van der Waals surface area contributed by atoms with Crippen LogP contribution in [0.5, 0.6) is 0 Å². The lowest BCUT2D eigenvalue weighted by molar-refractivity contribution is -0.384. The lowest BCUT2D eigenvalue weighted by atomic mass is 10.1. The fraction of sp³-hybridized carbons (Fsp3) is 0.276. The number of para-hydroxylation sites is 2. The summed E-state index contributed by atoms with van der Waals surface area (Å²) < 4.78 is 5.34. The van der Waals surface area contributed by atoms with Crippen LogP contribution in [0.15, 0.2) is 66.7 Å². The molecule has 0 saturated carbocycles. The van der Waals surface area contributed by atoms with Gasteiger partial charge in [-0.05, 0) is 60.7 Å². The van der Waals surface area contributed by atoms with Crippen LogP contribution in [0.1, 0.15) is 20.7 Å². The SMILES string of the molecule is O=C(NC(=S)Nc1ccccc1N1CCN(C(=O)c2ccc(Cl)cc2)CC1)c1ccc(N2CCOCC2)c([N+](=O)[O-])c1. The molecular weight excluding hydrogens is 580 g/mol. The summed E-state index contributed by atoms with van der Waals surface area (Å²) in [6.07, 6.45) is 0. The molecule has 5 rings (SSSR count). The number of nitrogens with zero attached hydrogens (tertiary/aromatic N) is 4. The molecule has 0 aromatic heterocycles. The molecule has 0 spiro atoms. The van der Waals surface area contributed by atoms with Crippen molar-refractivity contribution in [2.24, 2.45) is 0 Å². The molecular formula is C29H29ClN6O5S. The van der Waals surface area contributed by atoms with E-state index in [2.05, 4.69) is 15.5 Å². The first kappa shape index (κ1) is 29.2. The van der Waals surface area contributed by atoms with Crippen molar-refractivity contribution in [1.29, 1.82) is 0 Å². The van der Waals surface area contributed by atoms with Crippen LogP contribution in [-0.4, -0.2) is 79.2 Å². The number of nitro benzene ring substituents is 1. The van der Waals surface area contributed by atoms with Crippen LogP contribution in [0, 0.1) is 10.1 Å². The van der Waals surface area contributed by atoms with Gasteiger partial charge in [-0.2, -0.15) is 0 Å².